The van der Waals surface area contributed by atoms with Gasteiger partial charge in [0.2, 0.25) is 0 Å². The predicted octanol–water partition coefficient (Wildman–Crippen LogP) is 9.27. The summed E-state index contributed by atoms with van der Waals surface area (Å²) in [4.78, 5) is 0. The van der Waals surface area contributed by atoms with Gasteiger partial charge in [-0.1, -0.05) is 60.7 Å². The van der Waals surface area contributed by atoms with Crippen molar-refractivity contribution in [3.63, 3.8) is 0 Å². The molecule has 2 aliphatic carbocycles. The molecule has 2 heteroatoms. The maximum Gasteiger partial charge on any atom is -0.0238 e. The Bertz CT molecular complexity index is 1580. The van der Waals surface area contributed by atoms with Crippen molar-refractivity contribution in [2.75, 3.05) is 13.3 Å². The van der Waals surface area contributed by atoms with Crippen LogP contribution in [0.3, 0.4) is 0 Å². The molecule has 0 fully saturated rings. The van der Waals surface area contributed by atoms with Crippen LogP contribution >= 0.6 is 7.92 Å². The smallest absolute Gasteiger partial charge is 0.0238 e. The maximum absolute atomic E-state index is 2.50. The standard InChI is InChI=1S/C14H14.C13H9.C11H12P.Zr/c1-3-7-13(8-4-1)11-12-14-9-5-2-6-10-14;1-3-7-12-10(5-1)9-11-6-2-4-8-13(11)12;1-12(2)11-7-9-5-3-4-6-10(9)8-11;/h1-10H,11-12H2;1-5,7-8H,9H2;3-8H,1-2H3;. The fourth-order valence-corrected chi connectivity index (χ4v) is 13.0. The number of aryl methyl sites for hydroxylation is 2. The van der Waals surface area contributed by atoms with Gasteiger partial charge in [0, 0.05) is 0 Å². The zero-order valence-electron chi connectivity index (χ0n) is 23.3. The largest absolute Gasteiger partial charge is 0.0622 e. The predicted molar refractivity (Wildman–Crippen MR) is 171 cm³/mol. The number of fused-ring (bicyclic) bond motifs is 4. The third kappa shape index (κ3) is 6.08. The minimum atomic E-state index is -0.769. The van der Waals surface area contributed by atoms with Crippen LogP contribution < -0.4 is 3.27 Å². The van der Waals surface area contributed by atoms with Gasteiger partial charge in [-0.05, 0) is 24.0 Å². The molecule has 7 rings (SSSR count). The van der Waals surface area contributed by atoms with Crippen LogP contribution in [-0.4, -0.2) is 13.3 Å². The maximum atomic E-state index is 2.50. The summed E-state index contributed by atoms with van der Waals surface area (Å²) in [5.41, 5.74) is 12.0. The first-order valence-electron chi connectivity index (χ1n) is 14.2. The molecule has 0 aromatic heterocycles. The van der Waals surface area contributed by atoms with Gasteiger partial charge in [0.05, 0.1) is 0 Å². The van der Waals surface area contributed by atoms with Crippen molar-refractivity contribution in [1.82, 2.24) is 0 Å². The van der Waals surface area contributed by atoms with Crippen LogP contribution in [0, 0.1) is 0 Å². The average molecular weight is 614 g/mol. The molecule has 0 bridgehead atoms. The van der Waals surface area contributed by atoms with Gasteiger partial charge in [-0.2, -0.15) is 0 Å². The molecule has 1 atom stereocenters. The van der Waals surface area contributed by atoms with E-state index in [1.807, 2.05) is 0 Å². The van der Waals surface area contributed by atoms with Crippen molar-refractivity contribution in [2.24, 2.45) is 0 Å². The zero-order valence-corrected chi connectivity index (χ0v) is 26.7. The molecule has 0 heterocycles. The molecule has 0 N–H and O–H groups in total. The first kappa shape index (κ1) is 27.3. The summed E-state index contributed by atoms with van der Waals surface area (Å²) in [5, 5.41) is 1.72. The number of rotatable bonds is 6. The number of hydrogen-bond donors (Lipinski definition) is 0. The molecule has 5 aromatic rings. The minimum Gasteiger partial charge on any atom is -0.0622 e. The van der Waals surface area contributed by atoms with Gasteiger partial charge in [-0.3, -0.25) is 0 Å². The van der Waals surface area contributed by atoms with Crippen molar-refractivity contribution in [1.29, 1.82) is 0 Å². The normalized spacial score (nSPS) is 14.5. The van der Waals surface area contributed by atoms with E-state index in [4.69, 9.17) is 0 Å². The van der Waals surface area contributed by atoms with Crippen LogP contribution in [0.4, 0.5) is 0 Å². The number of hydrogen-bond acceptors (Lipinski definition) is 0. The molecule has 5 aromatic carbocycles. The Morgan fingerprint density at radius 3 is 1.93 bits per heavy atom. The van der Waals surface area contributed by atoms with Crippen molar-refractivity contribution in [2.45, 2.75) is 22.9 Å². The van der Waals surface area contributed by atoms with Crippen LogP contribution in [0.2, 0.25) is 0 Å². The van der Waals surface area contributed by atoms with Gasteiger partial charge in [0.1, 0.15) is 0 Å². The van der Waals surface area contributed by atoms with E-state index < -0.39 is 23.2 Å². The molecular formula is C38H35PZr. The van der Waals surface area contributed by atoms with E-state index in [0.29, 0.717) is 3.63 Å². The fraction of sp³-hybridized carbons (Fsp3) is 0.158. The van der Waals surface area contributed by atoms with E-state index in [9.17, 15) is 0 Å². The fourth-order valence-electron chi connectivity index (χ4n) is 5.87. The summed E-state index contributed by atoms with van der Waals surface area (Å²) in [6.07, 6.45) is 5.89. The molecule has 0 aliphatic heterocycles. The molecule has 0 nitrogen and oxygen atoms in total. The summed E-state index contributed by atoms with van der Waals surface area (Å²) in [5.74, 6) is 0. The second-order valence-electron chi connectivity index (χ2n) is 10.8. The van der Waals surface area contributed by atoms with E-state index in [-0.39, 0.29) is 7.92 Å². The topological polar surface area (TPSA) is 0 Å². The summed E-state index contributed by atoms with van der Waals surface area (Å²) >= 11 is -0.769. The van der Waals surface area contributed by atoms with Gasteiger partial charge < -0.3 is 0 Å². The molecule has 0 saturated heterocycles. The van der Waals surface area contributed by atoms with Crippen LogP contribution in [0.5, 0.6) is 0 Å². The molecular weight excluding hydrogens is 579 g/mol. The molecule has 40 heavy (non-hydrogen) atoms. The molecule has 0 amide bonds. The van der Waals surface area contributed by atoms with Crippen molar-refractivity contribution < 1.29 is 23.2 Å². The van der Waals surface area contributed by atoms with E-state index in [1.165, 1.54) is 33.4 Å². The van der Waals surface area contributed by atoms with E-state index in [0.717, 1.165) is 19.3 Å². The van der Waals surface area contributed by atoms with Gasteiger partial charge in [0.15, 0.2) is 0 Å². The van der Waals surface area contributed by atoms with Crippen LogP contribution in [0.1, 0.15) is 37.0 Å². The summed E-state index contributed by atoms with van der Waals surface area (Å²) in [6.45, 7) is 4.84. The zero-order chi connectivity index (χ0) is 27.3. The van der Waals surface area contributed by atoms with E-state index in [2.05, 4.69) is 147 Å². The van der Waals surface area contributed by atoms with E-state index >= 15 is 0 Å². The van der Waals surface area contributed by atoms with Gasteiger partial charge >= 0.3 is 169 Å². The Morgan fingerprint density at radius 1 is 0.625 bits per heavy atom. The minimum absolute atomic E-state index is 0.0324. The molecule has 196 valence electrons. The van der Waals surface area contributed by atoms with Gasteiger partial charge in [-0.15, -0.1) is 0 Å². The second-order valence-corrected chi connectivity index (χ2v) is 16.6. The third-order valence-electron chi connectivity index (χ3n) is 7.96. The van der Waals surface area contributed by atoms with E-state index in [1.54, 1.807) is 19.7 Å². The van der Waals surface area contributed by atoms with Crippen molar-refractivity contribution in [3.8, 4) is 11.1 Å². The molecule has 0 saturated carbocycles. The Morgan fingerprint density at radius 2 is 1.23 bits per heavy atom. The molecule has 1 unspecified atom stereocenters. The van der Waals surface area contributed by atoms with Gasteiger partial charge in [-0.25, -0.2) is 0 Å². The van der Waals surface area contributed by atoms with Crippen LogP contribution in [-0.2, 0) is 42.5 Å². The molecule has 0 radical (unpaired) electrons. The number of allylic oxidation sites excluding steroid dienone is 1. The Labute approximate surface area is 252 Å². The average Bonchev–Trinajstić information content (AvgIpc) is 3.57. The Hall–Kier alpha value is -2.85. The summed E-state index contributed by atoms with van der Waals surface area (Å²) < 4.78 is 2.41. The summed E-state index contributed by atoms with van der Waals surface area (Å²) in [6, 6.07) is 46.3. The van der Waals surface area contributed by atoms with Crippen molar-refractivity contribution in [3.05, 3.63) is 166 Å². The van der Waals surface area contributed by atoms with Crippen molar-refractivity contribution >= 4 is 17.3 Å². The quantitative estimate of drug-likeness (QED) is 0.164. The summed E-state index contributed by atoms with van der Waals surface area (Å²) in [7, 11) is -0.0324. The van der Waals surface area contributed by atoms with Crippen LogP contribution in [0.25, 0.3) is 17.2 Å². The first-order chi connectivity index (χ1) is 19.7. The Balaban J connectivity index is 0.000000175. The molecule has 2 aliphatic rings. The van der Waals surface area contributed by atoms with Gasteiger partial charge in [0.25, 0.3) is 0 Å². The third-order valence-corrected chi connectivity index (χ3v) is 14.1. The first-order valence-corrected chi connectivity index (χ1v) is 19.1. The SMILES string of the molecule is CP(C)C1=Cc2ccccc2[CH]1[Zr][c]1cccc2c1Cc1ccccc1-2.c1ccc(CCc2ccccc2)cc1. The molecule has 0 spiro atoms. The number of benzene rings is 5. The second kappa shape index (κ2) is 12.8. The monoisotopic (exact) mass is 612 g/mol. The Kier molecular flexibility index (Phi) is 8.72. The van der Waals surface area contributed by atoms with Crippen LogP contribution in [0.15, 0.2) is 133 Å².